The maximum atomic E-state index is 5.40. The summed E-state index contributed by atoms with van der Waals surface area (Å²) in [4.78, 5) is 6.90. The molecule has 1 fully saturated rings. The Labute approximate surface area is 159 Å². The van der Waals surface area contributed by atoms with Crippen LogP contribution in [-0.4, -0.2) is 57.3 Å². The summed E-state index contributed by atoms with van der Waals surface area (Å²) >= 11 is 0. The lowest BCUT2D eigenvalue weighted by molar-refractivity contribution is 0.0384. The molecule has 0 radical (unpaired) electrons. The second-order valence-electron chi connectivity index (χ2n) is 7.21. The van der Waals surface area contributed by atoms with E-state index < -0.39 is 0 Å². The molecule has 0 aliphatic carbocycles. The van der Waals surface area contributed by atoms with Gasteiger partial charge < -0.3 is 10.1 Å². The highest BCUT2D eigenvalue weighted by Crippen LogP contribution is 2.21. The second kappa shape index (κ2) is 8.02. The van der Waals surface area contributed by atoms with Crippen LogP contribution < -0.4 is 5.32 Å². The van der Waals surface area contributed by atoms with Gasteiger partial charge in [0.2, 0.25) is 5.65 Å². The molecular weight excluding hydrogens is 340 g/mol. The van der Waals surface area contributed by atoms with Crippen LogP contribution in [0.5, 0.6) is 0 Å². The molecule has 0 atom stereocenters. The number of rotatable bonds is 6. The molecule has 3 heterocycles. The zero-order chi connectivity index (χ0) is 18.6. The van der Waals surface area contributed by atoms with Gasteiger partial charge in [0.1, 0.15) is 5.82 Å². The van der Waals surface area contributed by atoms with E-state index in [1.165, 1.54) is 5.56 Å². The van der Waals surface area contributed by atoms with Gasteiger partial charge in [0.05, 0.1) is 13.2 Å². The van der Waals surface area contributed by atoms with E-state index in [9.17, 15) is 0 Å². The number of aromatic nitrogens is 4. The van der Waals surface area contributed by atoms with Gasteiger partial charge in [-0.1, -0.05) is 26.0 Å². The molecule has 142 valence electrons. The van der Waals surface area contributed by atoms with E-state index in [1.54, 1.807) is 6.20 Å². The number of morpholine rings is 1. The van der Waals surface area contributed by atoms with Gasteiger partial charge in [0, 0.05) is 43.6 Å². The van der Waals surface area contributed by atoms with E-state index in [-0.39, 0.29) is 0 Å². The van der Waals surface area contributed by atoms with Crippen molar-refractivity contribution >= 4 is 17.2 Å². The number of benzene rings is 1. The first-order valence-corrected chi connectivity index (χ1v) is 9.56. The third kappa shape index (κ3) is 4.09. The average molecular weight is 366 g/mol. The van der Waals surface area contributed by atoms with Gasteiger partial charge in [-0.25, -0.2) is 4.98 Å². The van der Waals surface area contributed by atoms with Gasteiger partial charge in [0.25, 0.3) is 0 Å². The summed E-state index contributed by atoms with van der Waals surface area (Å²) in [7, 11) is 0. The third-order valence-corrected chi connectivity index (χ3v) is 4.91. The van der Waals surface area contributed by atoms with Crippen LogP contribution >= 0.6 is 0 Å². The summed E-state index contributed by atoms with van der Waals surface area (Å²) in [5.41, 5.74) is 3.08. The number of hydrogen-bond acceptors (Lipinski definition) is 6. The molecule has 0 saturated carbocycles. The molecule has 7 nitrogen and oxygen atoms in total. The number of hydrogen-bond donors (Lipinski definition) is 1. The van der Waals surface area contributed by atoms with Crippen LogP contribution in [0.4, 0.5) is 11.5 Å². The fourth-order valence-corrected chi connectivity index (χ4v) is 3.33. The van der Waals surface area contributed by atoms with Crippen molar-refractivity contribution in [2.75, 3.05) is 38.2 Å². The Morgan fingerprint density at radius 2 is 1.89 bits per heavy atom. The maximum Gasteiger partial charge on any atom is 0.204 e. The molecular formula is C20H26N6O. The van der Waals surface area contributed by atoms with Crippen molar-refractivity contribution in [1.82, 2.24) is 24.5 Å². The zero-order valence-corrected chi connectivity index (χ0v) is 15.9. The van der Waals surface area contributed by atoms with Crippen molar-refractivity contribution in [3.05, 3.63) is 48.0 Å². The van der Waals surface area contributed by atoms with E-state index in [0.29, 0.717) is 5.92 Å². The van der Waals surface area contributed by atoms with Crippen LogP contribution in [0, 0.1) is 0 Å². The average Bonchev–Trinajstić information content (AvgIpc) is 3.14. The van der Waals surface area contributed by atoms with Crippen LogP contribution in [0.25, 0.3) is 5.65 Å². The van der Waals surface area contributed by atoms with Crippen molar-refractivity contribution in [3.8, 4) is 0 Å². The minimum atomic E-state index is 0.306. The smallest absolute Gasteiger partial charge is 0.204 e. The van der Waals surface area contributed by atoms with Gasteiger partial charge in [-0.2, -0.15) is 0 Å². The summed E-state index contributed by atoms with van der Waals surface area (Å²) in [6, 6.07) is 8.54. The summed E-state index contributed by atoms with van der Waals surface area (Å²) in [5, 5.41) is 12.0. The number of ether oxygens (including phenoxy) is 1. The summed E-state index contributed by atoms with van der Waals surface area (Å²) in [6.45, 7) is 9.07. The van der Waals surface area contributed by atoms with E-state index >= 15 is 0 Å². The van der Waals surface area contributed by atoms with Crippen molar-refractivity contribution in [3.63, 3.8) is 0 Å². The third-order valence-electron chi connectivity index (χ3n) is 4.91. The molecule has 27 heavy (non-hydrogen) atoms. The Kier molecular flexibility index (Phi) is 5.31. The monoisotopic (exact) mass is 366 g/mol. The minimum absolute atomic E-state index is 0.306. The normalized spacial score (nSPS) is 15.5. The Balaban J connectivity index is 1.43. The van der Waals surface area contributed by atoms with Gasteiger partial charge >= 0.3 is 0 Å². The highest BCUT2D eigenvalue weighted by Gasteiger charge is 2.13. The van der Waals surface area contributed by atoms with Gasteiger partial charge in [-0.15, -0.1) is 10.2 Å². The lowest BCUT2D eigenvalue weighted by Crippen LogP contribution is -2.37. The number of nitrogens with one attached hydrogen (secondary N) is 1. The molecule has 7 heteroatoms. The Morgan fingerprint density at radius 3 is 2.63 bits per heavy atom. The van der Waals surface area contributed by atoms with E-state index in [1.807, 2.05) is 10.6 Å². The second-order valence-corrected chi connectivity index (χ2v) is 7.21. The van der Waals surface area contributed by atoms with Crippen molar-refractivity contribution in [2.45, 2.75) is 26.2 Å². The van der Waals surface area contributed by atoms with Crippen molar-refractivity contribution in [1.29, 1.82) is 0 Å². The molecule has 4 rings (SSSR count). The number of nitrogens with zero attached hydrogens (tertiary/aromatic N) is 5. The van der Waals surface area contributed by atoms with Crippen LogP contribution in [0.2, 0.25) is 0 Å². The first-order valence-electron chi connectivity index (χ1n) is 9.56. The predicted molar refractivity (Wildman–Crippen MR) is 106 cm³/mol. The van der Waals surface area contributed by atoms with Gasteiger partial charge in [0.15, 0.2) is 5.82 Å². The van der Waals surface area contributed by atoms with E-state index in [2.05, 4.69) is 63.5 Å². The van der Waals surface area contributed by atoms with Crippen LogP contribution in [0.3, 0.4) is 0 Å². The molecule has 1 aromatic carbocycles. The quantitative estimate of drug-likeness (QED) is 0.724. The Morgan fingerprint density at radius 1 is 1.11 bits per heavy atom. The number of anilines is 2. The highest BCUT2D eigenvalue weighted by molar-refractivity contribution is 5.69. The number of fused-ring (bicyclic) bond motifs is 1. The molecule has 0 amide bonds. The fraction of sp³-hybridized carbons (Fsp3) is 0.450. The lowest BCUT2D eigenvalue weighted by Gasteiger charge is -2.26. The predicted octanol–water partition coefficient (Wildman–Crippen LogP) is 2.87. The zero-order valence-electron chi connectivity index (χ0n) is 15.9. The molecule has 0 bridgehead atoms. The summed E-state index contributed by atoms with van der Waals surface area (Å²) in [6.07, 6.45) is 4.74. The molecule has 1 N–H and O–H groups in total. The minimum Gasteiger partial charge on any atom is -0.379 e. The van der Waals surface area contributed by atoms with Crippen molar-refractivity contribution in [2.24, 2.45) is 0 Å². The largest absolute Gasteiger partial charge is 0.379 e. The van der Waals surface area contributed by atoms with E-state index in [4.69, 9.17) is 4.74 Å². The van der Waals surface area contributed by atoms with Gasteiger partial charge in [-0.3, -0.25) is 9.30 Å². The molecule has 2 aromatic heterocycles. The molecule has 0 spiro atoms. The van der Waals surface area contributed by atoms with Crippen LogP contribution in [0.1, 0.15) is 31.2 Å². The topological polar surface area (TPSA) is 67.6 Å². The summed E-state index contributed by atoms with van der Waals surface area (Å²) < 4.78 is 7.40. The molecule has 1 saturated heterocycles. The lowest BCUT2D eigenvalue weighted by atomic mass is 10.1. The Hall–Kier alpha value is -2.51. The van der Waals surface area contributed by atoms with E-state index in [0.717, 1.165) is 62.2 Å². The molecule has 3 aromatic rings. The molecule has 1 aliphatic rings. The first kappa shape index (κ1) is 17.9. The maximum absolute atomic E-state index is 5.40. The fourth-order valence-electron chi connectivity index (χ4n) is 3.33. The highest BCUT2D eigenvalue weighted by atomic mass is 16.5. The Bertz CT molecular complexity index is 883. The SMILES string of the molecule is CC(C)c1nnc2c(Nc3ccc(CCN4CCOCC4)cc3)nccn12. The van der Waals surface area contributed by atoms with Crippen LogP contribution in [0.15, 0.2) is 36.7 Å². The van der Waals surface area contributed by atoms with Gasteiger partial charge in [-0.05, 0) is 24.1 Å². The molecule has 1 aliphatic heterocycles. The first-order chi connectivity index (χ1) is 13.2. The van der Waals surface area contributed by atoms with Crippen molar-refractivity contribution < 1.29 is 4.74 Å². The molecule has 0 unspecified atom stereocenters. The standard InChI is InChI=1S/C20H26N6O/c1-15(2)19-23-24-20-18(21-8-10-26(19)20)22-17-5-3-16(4-6-17)7-9-25-11-13-27-14-12-25/h3-6,8,10,15H,7,9,11-14H2,1-2H3,(H,21,22). The summed E-state index contributed by atoms with van der Waals surface area (Å²) in [5.74, 6) is 1.97. The van der Waals surface area contributed by atoms with Crippen LogP contribution in [-0.2, 0) is 11.2 Å².